The molecule has 0 fully saturated rings. The molecule has 0 aliphatic heterocycles. The molecule has 1 aromatic carbocycles. The second kappa shape index (κ2) is 5.99. The smallest absolute Gasteiger partial charge is 0.136 e. The summed E-state index contributed by atoms with van der Waals surface area (Å²) in [6.45, 7) is 2.54. The predicted molar refractivity (Wildman–Crippen MR) is 83.6 cm³/mol. The van der Waals surface area contributed by atoms with E-state index < -0.39 is 0 Å². The van der Waals surface area contributed by atoms with Gasteiger partial charge in [-0.1, -0.05) is 36.0 Å². The van der Waals surface area contributed by atoms with Crippen molar-refractivity contribution in [3.05, 3.63) is 58.2 Å². The summed E-state index contributed by atoms with van der Waals surface area (Å²) >= 11 is 11.0. The van der Waals surface area contributed by atoms with E-state index in [1.165, 1.54) is 0 Å². The fraction of sp³-hybridized carbons (Fsp3) is 0.143. The van der Waals surface area contributed by atoms with Crippen LogP contribution in [0.1, 0.15) is 16.8 Å². The van der Waals surface area contributed by atoms with Crippen LogP contribution in [0.15, 0.2) is 36.4 Å². The average molecular weight is 292 g/mol. The normalized spacial score (nSPS) is 10.2. The summed E-state index contributed by atoms with van der Waals surface area (Å²) in [5.74, 6) is 0.701. The van der Waals surface area contributed by atoms with Crippen molar-refractivity contribution in [2.24, 2.45) is 5.73 Å². The molecule has 1 heterocycles. The largest absolute Gasteiger partial charge is 0.389 e. The zero-order chi connectivity index (χ0) is 13.8. The average Bonchev–Trinajstić information content (AvgIpc) is 2.36. The van der Waals surface area contributed by atoms with Gasteiger partial charge in [0.2, 0.25) is 0 Å². The number of nitrogens with zero attached hydrogens (tertiary/aromatic N) is 1. The SMILES string of the molecule is Cc1ccc(C(N)=S)c(NCc2cccc(Cl)c2)n1. The first-order valence-electron chi connectivity index (χ1n) is 5.82. The number of pyridine rings is 1. The Labute approximate surface area is 122 Å². The van der Waals surface area contributed by atoms with Crippen LogP contribution >= 0.6 is 23.8 Å². The first-order chi connectivity index (χ1) is 9.06. The van der Waals surface area contributed by atoms with E-state index in [2.05, 4.69) is 10.3 Å². The number of benzene rings is 1. The van der Waals surface area contributed by atoms with Crippen LogP contribution in [0.4, 0.5) is 5.82 Å². The Morgan fingerprint density at radius 3 is 2.84 bits per heavy atom. The number of nitrogens with two attached hydrogens (primary N) is 1. The highest BCUT2D eigenvalue weighted by molar-refractivity contribution is 7.80. The van der Waals surface area contributed by atoms with Crippen molar-refractivity contribution in [2.75, 3.05) is 5.32 Å². The number of rotatable bonds is 4. The summed E-state index contributed by atoms with van der Waals surface area (Å²) in [7, 11) is 0. The quantitative estimate of drug-likeness (QED) is 0.849. The lowest BCUT2D eigenvalue weighted by atomic mass is 10.2. The molecule has 3 nitrogen and oxygen atoms in total. The highest BCUT2D eigenvalue weighted by Crippen LogP contribution is 2.16. The maximum Gasteiger partial charge on any atom is 0.136 e. The van der Waals surface area contributed by atoms with Gasteiger partial charge in [0.1, 0.15) is 10.8 Å². The van der Waals surface area contributed by atoms with Crippen molar-refractivity contribution in [1.29, 1.82) is 0 Å². The van der Waals surface area contributed by atoms with Crippen molar-refractivity contribution in [3.8, 4) is 0 Å². The second-order valence-corrected chi connectivity index (χ2v) is 5.07. The van der Waals surface area contributed by atoms with E-state index >= 15 is 0 Å². The lowest BCUT2D eigenvalue weighted by molar-refractivity contribution is 1.09. The Balaban J connectivity index is 2.19. The van der Waals surface area contributed by atoms with Gasteiger partial charge >= 0.3 is 0 Å². The van der Waals surface area contributed by atoms with Crippen LogP contribution in [0.25, 0.3) is 0 Å². The number of hydrogen-bond acceptors (Lipinski definition) is 3. The van der Waals surface area contributed by atoms with Gasteiger partial charge < -0.3 is 11.1 Å². The maximum absolute atomic E-state index is 5.95. The topological polar surface area (TPSA) is 50.9 Å². The molecule has 1 aromatic heterocycles. The Morgan fingerprint density at radius 1 is 1.37 bits per heavy atom. The van der Waals surface area contributed by atoms with Crippen LogP contribution in [0.5, 0.6) is 0 Å². The van der Waals surface area contributed by atoms with E-state index in [0.717, 1.165) is 16.8 Å². The molecule has 0 spiro atoms. The van der Waals surface area contributed by atoms with E-state index in [1.807, 2.05) is 43.3 Å². The Hall–Kier alpha value is -1.65. The molecular weight excluding hydrogens is 278 g/mol. The van der Waals surface area contributed by atoms with Gasteiger partial charge in [-0.05, 0) is 36.8 Å². The molecular formula is C14H14ClN3S. The molecule has 0 saturated carbocycles. The van der Waals surface area contributed by atoms with Crippen molar-refractivity contribution in [3.63, 3.8) is 0 Å². The first kappa shape index (κ1) is 13.8. The third-order valence-corrected chi connectivity index (χ3v) is 3.10. The molecule has 2 rings (SSSR count). The molecule has 3 N–H and O–H groups in total. The molecule has 0 bridgehead atoms. The number of aromatic nitrogens is 1. The summed E-state index contributed by atoms with van der Waals surface area (Å²) in [5, 5.41) is 3.96. The molecule has 0 atom stereocenters. The molecule has 2 aromatic rings. The molecule has 5 heteroatoms. The van der Waals surface area contributed by atoms with E-state index in [1.54, 1.807) is 0 Å². The van der Waals surface area contributed by atoms with Crippen LogP contribution in [0.2, 0.25) is 5.02 Å². The highest BCUT2D eigenvalue weighted by Gasteiger charge is 2.07. The Bertz CT molecular complexity index is 613. The summed E-state index contributed by atoms with van der Waals surface area (Å²) in [5.41, 5.74) is 8.43. The zero-order valence-corrected chi connectivity index (χ0v) is 12.1. The fourth-order valence-electron chi connectivity index (χ4n) is 1.72. The Kier molecular flexibility index (Phi) is 4.35. The Morgan fingerprint density at radius 2 is 2.16 bits per heavy atom. The minimum Gasteiger partial charge on any atom is -0.389 e. The van der Waals surface area contributed by atoms with Crippen molar-refractivity contribution < 1.29 is 0 Å². The van der Waals surface area contributed by atoms with Gasteiger partial charge in [-0.15, -0.1) is 0 Å². The summed E-state index contributed by atoms with van der Waals surface area (Å²) in [6.07, 6.45) is 0. The van der Waals surface area contributed by atoms with Gasteiger partial charge in [0.05, 0.1) is 5.56 Å². The molecule has 0 aliphatic rings. The number of aryl methyl sites for hydroxylation is 1. The highest BCUT2D eigenvalue weighted by atomic mass is 35.5. The molecule has 0 saturated heterocycles. The molecule has 0 aliphatic carbocycles. The minimum atomic E-state index is 0.334. The van der Waals surface area contributed by atoms with E-state index in [9.17, 15) is 0 Å². The summed E-state index contributed by atoms with van der Waals surface area (Å²) in [4.78, 5) is 4.75. The minimum absolute atomic E-state index is 0.334. The van der Waals surface area contributed by atoms with Gasteiger partial charge in [-0.3, -0.25) is 0 Å². The zero-order valence-electron chi connectivity index (χ0n) is 10.5. The fourth-order valence-corrected chi connectivity index (χ4v) is 2.10. The predicted octanol–water partition coefficient (Wildman–Crippen LogP) is 3.29. The second-order valence-electron chi connectivity index (χ2n) is 4.20. The van der Waals surface area contributed by atoms with Gasteiger partial charge in [0.15, 0.2) is 0 Å². The molecule has 19 heavy (non-hydrogen) atoms. The van der Waals surface area contributed by atoms with Gasteiger partial charge in [0, 0.05) is 17.3 Å². The first-order valence-corrected chi connectivity index (χ1v) is 6.60. The molecule has 0 unspecified atom stereocenters. The van der Waals surface area contributed by atoms with Crippen LogP contribution in [-0.2, 0) is 6.54 Å². The number of anilines is 1. The standard InChI is InChI=1S/C14H14ClN3S/c1-9-5-6-12(13(16)19)14(18-9)17-8-10-3-2-4-11(15)7-10/h2-7H,8H2,1H3,(H2,16,19)(H,17,18). The number of hydrogen-bond donors (Lipinski definition) is 2. The van der Waals surface area contributed by atoms with Crippen LogP contribution in [0.3, 0.4) is 0 Å². The number of nitrogens with one attached hydrogen (secondary N) is 1. The molecule has 0 radical (unpaired) electrons. The van der Waals surface area contributed by atoms with E-state index in [4.69, 9.17) is 29.6 Å². The van der Waals surface area contributed by atoms with Crippen molar-refractivity contribution >= 4 is 34.6 Å². The van der Waals surface area contributed by atoms with Crippen molar-refractivity contribution in [1.82, 2.24) is 4.98 Å². The van der Waals surface area contributed by atoms with Crippen molar-refractivity contribution in [2.45, 2.75) is 13.5 Å². The summed E-state index contributed by atoms with van der Waals surface area (Å²) < 4.78 is 0. The third-order valence-electron chi connectivity index (χ3n) is 2.65. The van der Waals surface area contributed by atoms with E-state index in [0.29, 0.717) is 22.4 Å². The van der Waals surface area contributed by atoms with Crippen LogP contribution < -0.4 is 11.1 Å². The van der Waals surface area contributed by atoms with Crippen LogP contribution in [-0.4, -0.2) is 9.97 Å². The van der Waals surface area contributed by atoms with Gasteiger partial charge in [-0.2, -0.15) is 0 Å². The lowest BCUT2D eigenvalue weighted by Gasteiger charge is -2.11. The number of halogens is 1. The number of thiocarbonyl (C=S) groups is 1. The molecule has 0 amide bonds. The monoisotopic (exact) mass is 291 g/mol. The third kappa shape index (κ3) is 3.66. The summed E-state index contributed by atoms with van der Waals surface area (Å²) in [6, 6.07) is 11.4. The maximum atomic E-state index is 5.95. The lowest BCUT2D eigenvalue weighted by Crippen LogP contribution is -2.14. The molecule has 98 valence electrons. The van der Waals surface area contributed by atoms with Crippen LogP contribution in [0, 0.1) is 6.92 Å². The van der Waals surface area contributed by atoms with E-state index in [-0.39, 0.29) is 0 Å². The van der Waals surface area contributed by atoms with Gasteiger partial charge in [-0.25, -0.2) is 4.98 Å². The van der Waals surface area contributed by atoms with Gasteiger partial charge in [0.25, 0.3) is 0 Å².